The quantitative estimate of drug-likeness (QED) is 0.662. The number of hydrogen-bond acceptors (Lipinski definition) is 4. The highest BCUT2D eigenvalue weighted by atomic mass is 32.2. The van der Waals surface area contributed by atoms with Crippen LogP contribution in [0.2, 0.25) is 0 Å². The Morgan fingerprint density at radius 3 is 2.68 bits per heavy atom. The maximum atomic E-state index is 12.4. The largest absolute Gasteiger partial charge is 0.394 e. The molecular weight excluding hydrogens is 266 g/mol. The van der Waals surface area contributed by atoms with Gasteiger partial charge in [0.05, 0.1) is 12.1 Å². The summed E-state index contributed by atoms with van der Waals surface area (Å²) in [6.45, 7) is 4.34. The number of aliphatic hydroxyl groups is 1. The fourth-order valence-electron chi connectivity index (χ4n) is 3.15. The highest BCUT2D eigenvalue weighted by Crippen LogP contribution is 2.32. The first kappa shape index (κ1) is 15.2. The number of piperazine rings is 1. The van der Waals surface area contributed by atoms with Crippen LogP contribution in [-0.4, -0.2) is 56.2 Å². The third-order valence-electron chi connectivity index (χ3n) is 4.16. The molecule has 1 aliphatic carbocycles. The molecule has 0 aromatic heterocycles. The normalized spacial score (nSPS) is 34.3. The zero-order chi connectivity index (χ0) is 13.9. The average Bonchev–Trinajstić information content (AvgIpc) is 2.39. The Hall–Kier alpha value is -0.210. The molecule has 112 valence electrons. The van der Waals surface area contributed by atoms with Crippen molar-refractivity contribution in [1.82, 2.24) is 14.3 Å². The van der Waals surface area contributed by atoms with E-state index in [9.17, 15) is 13.5 Å². The number of nitrogens with zero attached hydrogens (tertiary/aromatic N) is 1. The summed E-state index contributed by atoms with van der Waals surface area (Å²) in [6.07, 6.45) is 3.51. The van der Waals surface area contributed by atoms with E-state index in [2.05, 4.69) is 17.0 Å². The highest BCUT2D eigenvalue weighted by Gasteiger charge is 2.39. The van der Waals surface area contributed by atoms with Gasteiger partial charge in [-0.25, -0.2) is 0 Å². The predicted molar refractivity (Wildman–Crippen MR) is 73.9 cm³/mol. The highest BCUT2D eigenvalue weighted by molar-refractivity contribution is 7.87. The van der Waals surface area contributed by atoms with Gasteiger partial charge in [-0.3, -0.25) is 0 Å². The van der Waals surface area contributed by atoms with Crippen molar-refractivity contribution in [3.8, 4) is 0 Å². The Balaban J connectivity index is 2.07. The third kappa shape index (κ3) is 3.66. The molecule has 0 spiro atoms. The molecular formula is C12H25N3O3S. The monoisotopic (exact) mass is 291 g/mol. The van der Waals surface area contributed by atoms with Gasteiger partial charge in [0.15, 0.2) is 0 Å². The molecule has 2 fully saturated rings. The van der Waals surface area contributed by atoms with Crippen molar-refractivity contribution in [2.24, 2.45) is 5.92 Å². The molecule has 0 radical (unpaired) electrons. The van der Waals surface area contributed by atoms with Crippen molar-refractivity contribution >= 4 is 10.2 Å². The Morgan fingerprint density at radius 2 is 2.11 bits per heavy atom. The molecule has 2 rings (SSSR count). The Kier molecular flexibility index (Phi) is 4.84. The summed E-state index contributed by atoms with van der Waals surface area (Å²) in [7, 11) is -3.49. The zero-order valence-electron chi connectivity index (χ0n) is 11.6. The van der Waals surface area contributed by atoms with Crippen LogP contribution in [0.4, 0.5) is 0 Å². The van der Waals surface area contributed by atoms with Crippen LogP contribution in [0, 0.1) is 5.92 Å². The van der Waals surface area contributed by atoms with E-state index >= 15 is 0 Å². The van der Waals surface area contributed by atoms with Crippen LogP contribution in [0.5, 0.6) is 0 Å². The van der Waals surface area contributed by atoms with Gasteiger partial charge in [-0.05, 0) is 18.8 Å². The van der Waals surface area contributed by atoms with E-state index < -0.39 is 15.7 Å². The molecule has 19 heavy (non-hydrogen) atoms. The topological polar surface area (TPSA) is 81.7 Å². The van der Waals surface area contributed by atoms with E-state index in [1.54, 1.807) is 0 Å². The van der Waals surface area contributed by atoms with Crippen molar-refractivity contribution in [2.75, 3.05) is 32.8 Å². The van der Waals surface area contributed by atoms with Gasteiger partial charge in [0, 0.05) is 26.2 Å². The molecule has 0 amide bonds. The van der Waals surface area contributed by atoms with Gasteiger partial charge < -0.3 is 10.4 Å². The number of aliphatic hydroxyl groups excluding tert-OH is 1. The van der Waals surface area contributed by atoms with Gasteiger partial charge in [0.25, 0.3) is 10.2 Å². The molecule has 1 heterocycles. The third-order valence-corrected chi connectivity index (χ3v) is 5.89. The molecule has 0 bridgehead atoms. The molecule has 2 unspecified atom stereocenters. The minimum Gasteiger partial charge on any atom is -0.394 e. The number of nitrogens with one attached hydrogen (secondary N) is 2. The summed E-state index contributed by atoms with van der Waals surface area (Å²) in [6, 6.07) is 0. The second-order valence-corrected chi connectivity index (χ2v) is 7.57. The lowest BCUT2D eigenvalue weighted by Gasteiger charge is -2.40. The first-order valence-electron chi connectivity index (χ1n) is 7.08. The number of rotatable bonds is 4. The Bertz CT molecular complexity index is 395. The summed E-state index contributed by atoms with van der Waals surface area (Å²) in [5.74, 6) is 0.451. The van der Waals surface area contributed by atoms with Crippen LogP contribution in [0.15, 0.2) is 0 Å². The van der Waals surface area contributed by atoms with E-state index in [0.29, 0.717) is 32.1 Å². The summed E-state index contributed by atoms with van der Waals surface area (Å²) in [4.78, 5) is 0. The van der Waals surface area contributed by atoms with Gasteiger partial charge >= 0.3 is 0 Å². The van der Waals surface area contributed by atoms with Gasteiger partial charge in [0.1, 0.15) is 0 Å². The lowest BCUT2D eigenvalue weighted by atomic mass is 9.78. The Morgan fingerprint density at radius 1 is 1.42 bits per heavy atom. The van der Waals surface area contributed by atoms with E-state index in [-0.39, 0.29) is 6.61 Å². The molecule has 2 aliphatic rings. The number of hydrogen-bond donors (Lipinski definition) is 3. The first-order valence-corrected chi connectivity index (χ1v) is 8.52. The van der Waals surface area contributed by atoms with Crippen molar-refractivity contribution in [2.45, 2.75) is 38.1 Å². The summed E-state index contributed by atoms with van der Waals surface area (Å²) < 4.78 is 29.1. The van der Waals surface area contributed by atoms with Crippen molar-refractivity contribution < 1.29 is 13.5 Å². The molecule has 1 aliphatic heterocycles. The maximum absolute atomic E-state index is 12.4. The van der Waals surface area contributed by atoms with Crippen LogP contribution < -0.4 is 10.0 Å². The second kappa shape index (κ2) is 6.05. The lowest BCUT2D eigenvalue weighted by Crippen LogP contribution is -2.59. The fourth-order valence-corrected chi connectivity index (χ4v) is 4.74. The standard InChI is InChI=1S/C12H25N3O3S/c1-11-3-2-4-12(9-11,10-16)14-19(17,18)15-7-5-13-6-8-15/h11,13-14,16H,2-10H2,1H3. The summed E-state index contributed by atoms with van der Waals surface area (Å²) in [5.41, 5.74) is -0.665. The van der Waals surface area contributed by atoms with Crippen LogP contribution in [0.3, 0.4) is 0 Å². The van der Waals surface area contributed by atoms with Crippen LogP contribution in [0.25, 0.3) is 0 Å². The van der Waals surface area contributed by atoms with E-state index in [4.69, 9.17) is 0 Å². The van der Waals surface area contributed by atoms with Crippen molar-refractivity contribution in [3.05, 3.63) is 0 Å². The molecule has 6 nitrogen and oxygen atoms in total. The lowest BCUT2D eigenvalue weighted by molar-refractivity contribution is 0.117. The summed E-state index contributed by atoms with van der Waals surface area (Å²) >= 11 is 0. The predicted octanol–water partition coefficient (Wildman–Crippen LogP) is -0.333. The molecule has 0 aromatic carbocycles. The minimum absolute atomic E-state index is 0.122. The molecule has 1 saturated carbocycles. The maximum Gasteiger partial charge on any atom is 0.280 e. The van der Waals surface area contributed by atoms with Gasteiger partial charge in [-0.2, -0.15) is 17.4 Å². The molecule has 3 N–H and O–H groups in total. The van der Waals surface area contributed by atoms with E-state index in [1.807, 2.05) is 0 Å². The molecule has 1 saturated heterocycles. The van der Waals surface area contributed by atoms with E-state index in [0.717, 1.165) is 25.7 Å². The fraction of sp³-hybridized carbons (Fsp3) is 1.00. The smallest absolute Gasteiger partial charge is 0.280 e. The van der Waals surface area contributed by atoms with Crippen LogP contribution in [-0.2, 0) is 10.2 Å². The zero-order valence-corrected chi connectivity index (χ0v) is 12.4. The van der Waals surface area contributed by atoms with Gasteiger partial charge in [0.2, 0.25) is 0 Å². The van der Waals surface area contributed by atoms with E-state index in [1.165, 1.54) is 4.31 Å². The van der Waals surface area contributed by atoms with Crippen molar-refractivity contribution in [3.63, 3.8) is 0 Å². The average molecular weight is 291 g/mol. The molecule has 2 atom stereocenters. The van der Waals surface area contributed by atoms with Crippen LogP contribution >= 0.6 is 0 Å². The summed E-state index contributed by atoms with van der Waals surface area (Å²) in [5, 5.41) is 12.8. The molecule has 0 aromatic rings. The molecule has 7 heteroatoms. The van der Waals surface area contributed by atoms with Gasteiger partial charge in [-0.15, -0.1) is 0 Å². The SMILES string of the molecule is CC1CCCC(CO)(NS(=O)(=O)N2CCNCC2)C1. The van der Waals surface area contributed by atoms with Crippen LogP contribution in [0.1, 0.15) is 32.6 Å². The second-order valence-electron chi connectivity index (χ2n) is 5.90. The Labute approximate surface area is 115 Å². The van der Waals surface area contributed by atoms with Crippen molar-refractivity contribution in [1.29, 1.82) is 0 Å². The first-order chi connectivity index (χ1) is 8.97. The van der Waals surface area contributed by atoms with Gasteiger partial charge in [-0.1, -0.05) is 19.8 Å². The minimum atomic E-state index is -3.49.